The predicted molar refractivity (Wildman–Crippen MR) is 111 cm³/mol. The largest absolute Gasteiger partial charge is 0.365 e. The second-order valence-electron chi connectivity index (χ2n) is 9.69. The molecule has 1 aromatic heterocycles. The van der Waals surface area contributed by atoms with Crippen LogP contribution < -0.4 is 10.2 Å². The van der Waals surface area contributed by atoms with E-state index in [9.17, 15) is 9.18 Å². The molecule has 5 nitrogen and oxygen atoms in total. The third-order valence-electron chi connectivity index (χ3n) is 6.28. The van der Waals surface area contributed by atoms with E-state index >= 15 is 0 Å². The lowest BCUT2D eigenvalue weighted by molar-refractivity contribution is 0.0937. The lowest BCUT2D eigenvalue weighted by atomic mass is 9.79. The molecule has 3 rings (SSSR count). The molecule has 28 heavy (non-hydrogen) atoms. The summed E-state index contributed by atoms with van der Waals surface area (Å²) in [4.78, 5) is 20.6. The van der Waals surface area contributed by atoms with E-state index in [-0.39, 0.29) is 17.6 Å². The molecule has 1 unspecified atom stereocenters. The smallest absolute Gasteiger partial charge is 0.270 e. The van der Waals surface area contributed by atoms with Gasteiger partial charge in [-0.05, 0) is 56.6 Å². The number of nitrogens with zero attached hydrogens (tertiary/aromatic N) is 3. The van der Waals surface area contributed by atoms with Crippen molar-refractivity contribution in [2.24, 2.45) is 11.3 Å². The second kappa shape index (κ2) is 8.36. The fourth-order valence-corrected chi connectivity index (χ4v) is 4.53. The summed E-state index contributed by atoms with van der Waals surface area (Å²) in [5.74, 6) is -0.0971. The van der Waals surface area contributed by atoms with E-state index in [1.165, 1.54) is 19.3 Å². The van der Waals surface area contributed by atoms with Crippen LogP contribution in [0.3, 0.4) is 0 Å². The molecule has 0 aromatic carbocycles. The molecule has 1 aromatic rings. The summed E-state index contributed by atoms with van der Waals surface area (Å²) >= 11 is 0. The van der Waals surface area contributed by atoms with E-state index in [1.807, 2.05) is 13.8 Å². The number of amides is 1. The number of halogens is 1. The van der Waals surface area contributed by atoms with E-state index in [0.29, 0.717) is 17.1 Å². The number of pyridine rings is 1. The van der Waals surface area contributed by atoms with Gasteiger partial charge in [-0.1, -0.05) is 20.8 Å². The Morgan fingerprint density at radius 2 is 1.86 bits per heavy atom. The maximum Gasteiger partial charge on any atom is 0.270 e. The van der Waals surface area contributed by atoms with Crippen LogP contribution in [-0.4, -0.2) is 54.1 Å². The third kappa shape index (κ3) is 4.83. The van der Waals surface area contributed by atoms with Crippen LogP contribution in [0.25, 0.3) is 0 Å². The van der Waals surface area contributed by atoms with Crippen molar-refractivity contribution in [1.29, 1.82) is 0 Å². The van der Waals surface area contributed by atoms with Gasteiger partial charge in [0, 0.05) is 38.3 Å². The van der Waals surface area contributed by atoms with Gasteiger partial charge in [0.05, 0.1) is 5.69 Å². The molecule has 0 radical (unpaired) electrons. The van der Waals surface area contributed by atoms with Gasteiger partial charge < -0.3 is 10.2 Å². The van der Waals surface area contributed by atoms with E-state index in [0.717, 1.165) is 32.1 Å². The molecule has 1 aliphatic heterocycles. The van der Waals surface area contributed by atoms with Gasteiger partial charge in [-0.3, -0.25) is 9.69 Å². The highest BCUT2D eigenvalue weighted by Crippen LogP contribution is 2.41. The molecule has 6 heteroatoms. The van der Waals surface area contributed by atoms with Crippen molar-refractivity contribution in [2.45, 2.75) is 66.0 Å². The molecule has 1 amide bonds. The van der Waals surface area contributed by atoms with Crippen molar-refractivity contribution in [1.82, 2.24) is 15.2 Å². The third-order valence-corrected chi connectivity index (χ3v) is 6.28. The number of carbonyl (C=O) groups excluding carboxylic acids is 1. The van der Waals surface area contributed by atoms with Gasteiger partial charge in [-0.25, -0.2) is 4.98 Å². The molecular formula is C22H35FN4O. The van der Waals surface area contributed by atoms with Crippen molar-refractivity contribution in [3.05, 3.63) is 23.8 Å². The molecule has 2 heterocycles. The van der Waals surface area contributed by atoms with Crippen LogP contribution in [0.2, 0.25) is 0 Å². The van der Waals surface area contributed by atoms with E-state index < -0.39 is 5.95 Å². The number of aromatic nitrogens is 1. The summed E-state index contributed by atoms with van der Waals surface area (Å²) in [5, 5.41) is 2.75. The van der Waals surface area contributed by atoms with Gasteiger partial charge in [0.25, 0.3) is 5.91 Å². The molecular weight excluding hydrogens is 355 g/mol. The fraction of sp³-hybridized carbons (Fsp3) is 0.727. The minimum atomic E-state index is -0.557. The van der Waals surface area contributed by atoms with Crippen molar-refractivity contribution in [2.75, 3.05) is 31.1 Å². The zero-order chi connectivity index (χ0) is 20.5. The van der Waals surface area contributed by atoms with Gasteiger partial charge in [0.1, 0.15) is 5.69 Å². The maximum atomic E-state index is 14.6. The molecule has 0 spiro atoms. The van der Waals surface area contributed by atoms with Crippen molar-refractivity contribution in [3.8, 4) is 0 Å². The van der Waals surface area contributed by atoms with Crippen LogP contribution >= 0.6 is 0 Å². The molecule has 0 bridgehead atoms. The number of nitrogens with one attached hydrogen (secondary N) is 1. The Bertz CT molecular complexity index is 692. The van der Waals surface area contributed by atoms with Crippen LogP contribution in [0, 0.1) is 17.3 Å². The first-order valence-electron chi connectivity index (χ1n) is 10.6. The molecule has 156 valence electrons. The zero-order valence-electron chi connectivity index (χ0n) is 18.0. The van der Waals surface area contributed by atoms with Crippen LogP contribution in [0.15, 0.2) is 12.1 Å². The summed E-state index contributed by atoms with van der Waals surface area (Å²) in [6.07, 6.45) is 3.86. The number of anilines is 1. The Hall–Kier alpha value is -1.69. The Morgan fingerprint density at radius 3 is 2.39 bits per heavy atom. The average molecular weight is 391 g/mol. The normalized spacial score (nSPS) is 24.0. The fourth-order valence-electron chi connectivity index (χ4n) is 4.53. The minimum Gasteiger partial charge on any atom is -0.365 e. The van der Waals surface area contributed by atoms with Crippen LogP contribution in [0.5, 0.6) is 0 Å². The standard InChI is InChI=1S/C22H35FN4O/c1-15(2)24-21(28)18-8-9-19(20(23)25-18)27-12-10-26(11-13-27)17-7-6-16(14-17)22(3,4)5/h8-9,15-17H,6-7,10-14H2,1-5H3,(H,24,28)/t16?,17-/m0/s1. The summed E-state index contributed by atoms with van der Waals surface area (Å²) in [5.41, 5.74) is 1.02. The van der Waals surface area contributed by atoms with Gasteiger partial charge >= 0.3 is 0 Å². The van der Waals surface area contributed by atoms with Crippen molar-refractivity contribution >= 4 is 11.6 Å². The molecule has 1 saturated heterocycles. The number of carbonyl (C=O) groups is 1. The maximum absolute atomic E-state index is 14.6. The first kappa shape index (κ1) is 21.0. The molecule has 2 atom stereocenters. The highest BCUT2D eigenvalue weighted by molar-refractivity contribution is 5.92. The van der Waals surface area contributed by atoms with Crippen molar-refractivity contribution < 1.29 is 9.18 Å². The SMILES string of the molecule is CC(C)NC(=O)c1ccc(N2CCN([C@H]3CCC(C(C)(C)C)C3)CC2)c(F)n1. The Morgan fingerprint density at radius 1 is 1.18 bits per heavy atom. The number of rotatable bonds is 4. The summed E-state index contributed by atoms with van der Waals surface area (Å²) in [6.45, 7) is 14.3. The van der Waals surface area contributed by atoms with Gasteiger partial charge in [-0.2, -0.15) is 4.39 Å². The average Bonchev–Trinajstić information content (AvgIpc) is 3.12. The van der Waals surface area contributed by atoms with E-state index in [4.69, 9.17) is 0 Å². The number of hydrogen-bond acceptors (Lipinski definition) is 4. The Labute approximate surface area is 168 Å². The molecule has 1 saturated carbocycles. The number of piperazine rings is 1. The number of hydrogen-bond donors (Lipinski definition) is 1. The van der Waals surface area contributed by atoms with E-state index in [1.54, 1.807) is 12.1 Å². The molecule has 2 fully saturated rings. The molecule has 1 aliphatic carbocycles. The molecule has 2 aliphatic rings. The second-order valence-corrected chi connectivity index (χ2v) is 9.69. The lowest BCUT2D eigenvalue weighted by Gasteiger charge is -2.39. The van der Waals surface area contributed by atoms with Gasteiger partial charge in [0.2, 0.25) is 5.95 Å². The van der Waals surface area contributed by atoms with Crippen LogP contribution in [-0.2, 0) is 0 Å². The lowest BCUT2D eigenvalue weighted by Crippen LogP contribution is -2.50. The Balaban J connectivity index is 1.57. The topological polar surface area (TPSA) is 48.5 Å². The summed E-state index contributed by atoms with van der Waals surface area (Å²) < 4.78 is 14.6. The summed E-state index contributed by atoms with van der Waals surface area (Å²) in [6, 6.07) is 3.97. The monoisotopic (exact) mass is 390 g/mol. The van der Waals surface area contributed by atoms with E-state index in [2.05, 4.69) is 40.9 Å². The highest BCUT2D eigenvalue weighted by atomic mass is 19.1. The van der Waals surface area contributed by atoms with Gasteiger partial charge in [0.15, 0.2) is 0 Å². The quantitative estimate of drug-likeness (QED) is 0.797. The van der Waals surface area contributed by atoms with Crippen molar-refractivity contribution in [3.63, 3.8) is 0 Å². The first-order chi connectivity index (χ1) is 13.1. The van der Waals surface area contributed by atoms with Gasteiger partial charge in [-0.15, -0.1) is 0 Å². The zero-order valence-corrected chi connectivity index (χ0v) is 18.0. The Kier molecular flexibility index (Phi) is 6.28. The first-order valence-corrected chi connectivity index (χ1v) is 10.6. The van der Waals surface area contributed by atoms with Crippen LogP contribution in [0.4, 0.5) is 10.1 Å². The highest BCUT2D eigenvalue weighted by Gasteiger charge is 2.36. The summed E-state index contributed by atoms with van der Waals surface area (Å²) in [7, 11) is 0. The molecule has 1 N–H and O–H groups in total. The minimum absolute atomic E-state index is 0.00131. The van der Waals surface area contributed by atoms with Crippen LogP contribution in [0.1, 0.15) is 64.4 Å². The predicted octanol–water partition coefficient (Wildman–Crippen LogP) is 3.70.